The number of ether oxygens (including phenoxy) is 2. The lowest BCUT2D eigenvalue weighted by Gasteiger charge is -2.05. The van der Waals surface area contributed by atoms with E-state index in [1.807, 2.05) is 24.3 Å². The van der Waals surface area contributed by atoms with Crippen LogP contribution in [0.5, 0.6) is 5.75 Å². The Hall–Kier alpha value is -2.04. The van der Waals surface area contributed by atoms with Crippen LogP contribution in [0.4, 0.5) is 4.79 Å². The van der Waals surface area contributed by atoms with Gasteiger partial charge in [-0.05, 0) is 43.2 Å². The first-order chi connectivity index (χ1) is 9.76. The molecule has 0 aliphatic carbocycles. The molecule has 0 radical (unpaired) electrons. The first kappa shape index (κ1) is 16.0. The first-order valence-corrected chi connectivity index (χ1v) is 6.95. The number of nitrogens with zero attached hydrogens (tertiary/aromatic N) is 1. The van der Waals surface area contributed by atoms with Crippen LogP contribution in [-0.2, 0) is 4.74 Å². The highest BCUT2D eigenvalue weighted by Gasteiger charge is 1.96. The summed E-state index contributed by atoms with van der Waals surface area (Å²) in [6, 6.07) is 7.53. The number of carbonyl (C=O) groups is 1. The molecule has 0 saturated carbocycles. The minimum Gasteiger partial charge on any atom is -0.494 e. The Kier molecular flexibility index (Phi) is 7.87. The van der Waals surface area contributed by atoms with Crippen LogP contribution in [0, 0.1) is 0 Å². The topological polar surface area (TPSA) is 59.9 Å². The third kappa shape index (κ3) is 6.78. The van der Waals surface area contributed by atoms with Crippen LogP contribution in [0.3, 0.4) is 0 Å². The van der Waals surface area contributed by atoms with Crippen LogP contribution < -0.4 is 10.2 Å². The van der Waals surface area contributed by atoms with Crippen LogP contribution in [0.15, 0.2) is 29.4 Å². The summed E-state index contributed by atoms with van der Waals surface area (Å²) < 4.78 is 10.3. The molecule has 0 bridgehead atoms. The first-order valence-electron chi connectivity index (χ1n) is 6.95. The fourth-order valence-corrected chi connectivity index (χ4v) is 1.52. The van der Waals surface area contributed by atoms with Crippen molar-refractivity contribution in [2.75, 3.05) is 13.2 Å². The van der Waals surface area contributed by atoms with E-state index in [1.165, 1.54) is 12.8 Å². The Morgan fingerprint density at radius 1 is 1.25 bits per heavy atom. The maximum absolute atomic E-state index is 11.0. The molecule has 1 amide bonds. The van der Waals surface area contributed by atoms with E-state index < -0.39 is 6.09 Å². The molecule has 5 heteroatoms. The molecule has 0 heterocycles. The molecule has 0 fully saturated rings. The quantitative estimate of drug-likeness (QED) is 0.451. The SMILES string of the molecule is CCCCCOc1ccc(/C=N\NC(=O)OCC)cc1. The number of hydrogen-bond donors (Lipinski definition) is 1. The lowest BCUT2D eigenvalue weighted by molar-refractivity contribution is 0.152. The maximum atomic E-state index is 11.0. The largest absolute Gasteiger partial charge is 0.494 e. The normalized spacial score (nSPS) is 10.5. The summed E-state index contributed by atoms with van der Waals surface area (Å²) in [4.78, 5) is 11.0. The molecule has 0 aromatic heterocycles. The average molecular weight is 278 g/mol. The molecule has 1 aromatic rings. The second-order valence-corrected chi connectivity index (χ2v) is 4.22. The predicted molar refractivity (Wildman–Crippen MR) is 79.2 cm³/mol. The van der Waals surface area contributed by atoms with Gasteiger partial charge in [-0.2, -0.15) is 5.10 Å². The molecule has 1 rings (SSSR count). The zero-order valence-corrected chi connectivity index (χ0v) is 12.1. The molecule has 1 aromatic carbocycles. The molecular weight excluding hydrogens is 256 g/mol. The molecule has 0 aliphatic rings. The van der Waals surface area contributed by atoms with E-state index in [9.17, 15) is 4.79 Å². The lowest BCUT2D eigenvalue weighted by atomic mass is 10.2. The maximum Gasteiger partial charge on any atom is 0.427 e. The van der Waals surface area contributed by atoms with E-state index in [2.05, 4.69) is 22.2 Å². The smallest absolute Gasteiger partial charge is 0.427 e. The summed E-state index contributed by atoms with van der Waals surface area (Å²) in [5, 5.41) is 3.79. The number of amides is 1. The van der Waals surface area contributed by atoms with Crippen molar-refractivity contribution < 1.29 is 14.3 Å². The van der Waals surface area contributed by atoms with Gasteiger partial charge >= 0.3 is 6.09 Å². The second-order valence-electron chi connectivity index (χ2n) is 4.22. The van der Waals surface area contributed by atoms with Gasteiger partial charge in [0.15, 0.2) is 0 Å². The minimum atomic E-state index is -0.556. The molecule has 1 N–H and O–H groups in total. The van der Waals surface area contributed by atoms with Gasteiger partial charge in [0, 0.05) is 0 Å². The van der Waals surface area contributed by atoms with Crippen LogP contribution in [0.2, 0.25) is 0 Å². The number of hydrazone groups is 1. The number of rotatable bonds is 8. The molecule has 0 unspecified atom stereocenters. The Bertz CT molecular complexity index is 416. The van der Waals surface area contributed by atoms with Crippen molar-refractivity contribution in [3.63, 3.8) is 0 Å². The van der Waals surface area contributed by atoms with Crippen LogP contribution in [0.25, 0.3) is 0 Å². The van der Waals surface area contributed by atoms with Crippen LogP contribution in [0.1, 0.15) is 38.7 Å². The standard InChI is InChI=1S/C15H22N2O3/c1-3-5-6-11-20-14-9-7-13(8-10-14)12-16-17-15(18)19-4-2/h7-10,12H,3-6,11H2,1-2H3,(H,17,18)/b16-12-. The zero-order valence-electron chi connectivity index (χ0n) is 12.1. The Balaban J connectivity index is 2.34. The van der Waals surface area contributed by atoms with Crippen molar-refractivity contribution in [3.05, 3.63) is 29.8 Å². The van der Waals surface area contributed by atoms with Gasteiger partial charge in [-0.3, -0.25) is 0 Å². The Morgan fingerprint density at radius 3 is 2.65 bits per heavy atom. The van der Waals surface area contributed by atoms with Gasteiger partial charge in [-0.15, -0.1) is 0 Å². The van der Waals surface area contributed by atoms with E-state index >= 15 is 0 Å². The summed E-state index contributed by atoms with van der Waals surface area (Å²) in [6.45, 7) is 4.97. The van der Waals surface area contributed by atoms with E-state index in [-0.39, 0.29) is 0 Å². The van der Waals surface area contributed by atoms with E-state index in [0.717, 1.165) is 24.3 Å². The number of unbranched alkanes of at least 4 members (excludes halogenated alkanes) is 2. The molecular formula is C15H22N2O3. The number of carbonyl (C=O) groups excluding carboxylic acids is 1. The fraction of sp³-hybridized carbons (Fsp3) is 0.467. The van der Waals surface area contributed by atoms with E-state index in [4.69, 9.17) is 4.74 Å². The number of hydrogen-bond acceptors (Lipinski definition) is 4. The van der Waals surface area contributed by atoms with Crippen molar-refractivity contribution in [2.45, 2.75) is 33.1 Å². The van der Waals surface area contributed by atoms with Gasteiger partial charge in [0.1, 0.15) is 5.75 Å². The summed E-state index contributed by atoms with van der Waals surface area (Å²) in [7, 11) is 0. The molecule has 110 valence electrons. The van der Waals surface area contributed by atoms with Crippen molar-refractivity contribution in [1.82, 2.24) is 5.43 Å². The van der Waals surface area contributed by atoms with Crippen molar-refractivity contribution in [2.24, 2.45) is 5.10 Å². The second kappa shape index (κ2) is 9.83. The molecule has 0 atom stereocenters. The Labute approximate surface area is 120 Å². The van der Waals surface area contributed by atoms with Gasteiger partial charge < -0.3 is 9.47 Å². The third-order valence-corrected chi connectivity index (χ3v) is 2.54. The van der Waals surface area contributed by atoms with Gasteiger partial charge in [-0.1, -0.05) is 19.8 Å². The molecule has 5 nitrogen and oxygen atoms in total. The van der Waals surface area contributed by atoms with Crippen molar-refractivity contribution in [3.8, 4) is 5.75 Å². The highest BCUT2D eigenvalue weighted by molar-refractivity contribution is 5.80. The summed E-state index contributed by atoms with van der Waals surface area (Å²) in [6.07, 6.45) is 4.44. The summed E-state index contributed by atoms with van der Waals surface area (Å²) in [5.74, 6) is 0.844. The highest BCUT2D eigenvalue weighted by atomic mass is 16.5. The fourth-order valence-electron chi connectivity index (χ4n) is 1.52. The highest BCUT2D eigenvalue weighted by Crippen LogP contribution is 2.11. The predicted octanol–water partition coefficient (Wildman–Crippen LogP) is 3.34. The molecule has 0 spiro atoms. The van der Waals surface area contributed by atoms with Crippen LogP contribution >= 0.6 is 0 Å². The molecule has 20 heavy (non-hydrogen) atoms. The summed E-state index contributed by atoms with van der Waals surface area (Å²) >= 11 is 0. The molecule has 0 saturated heterocycles. The minimum absolute atomic E-state index is 0.325. The number of nitrogens with one attached hydrogen (secondary N) is 1. The van der Waals surface area contributed by atoms with Gasteiger partial charge in [0.2, 0.25) is 0 Å². The van der Waals surface area contributed by atoms with Gasteiger partial charge in [-0.25, -0.2) is 10.2 Å². The van der Waals surface area contributed by atoms with Gasteiger partial charge in [0.05, 0.1) is 19.4 Å². The van der Waals surface area contributed by atoms with Gasteiger partial charge in [0.25, 0.3) is 0 Å². The average Bonchev–Trinajstić information content (AvgIpc) is 2.45. The Morgan fingerprint density at radius 2 is 2.00 bits per heavy atom. The lowest BCUT2D eigenvalue weighted by Crippen LogP contribution is -2.18. The summed E-state index contributed by atoms with van der Waals surface area (Å²) in [5.41, 5.74) is 3.15. The van der Waals surface area contributed by atoms with Crippen molar-refractivity contribution >= 4 is 12.3 Å². The van der Waals surface area contributed by atoms with E-state index in [0.29, 0.717) is 6.61 Å². The zero-order chi connectivity index (χ0) is 14.6. The van der Waals surface area contributed by atoms with E-state index in [1.54, 1.807) is 13.1 Å². The molecule has 0 aliphatic heterocycles. The monoisotopic (exact) mass is 278 g/mol. The third-order valence-electron chi connectivity index (χ3n) is 2.54. The number of benzene rings is 1. The van der Waals surface area contributed by atoms with Crippen LogP contribution in [-0.4, -0.2) is 25.5 Å². The van der Waals surface area contributed by atoms with Crippen molar-refractivity contribution in [1.29, 1.82) is 0 Å².